The summed E-state index contributed by atoms with van der Waals surface area (Å²) in [5.41, 5.74) is 11.9. The fourth-order valence-electron chi connectivity index (χ4n) is 8.25. The Morgan fingerprint density at radius 2 is 0.945 bits per heavy atom. The minimum Gasteiger partial charge on any atom is -0.453 e. The highest BCUT2D eigenvalue weighted by atomic mass is 32.1. The number of furan rings is 1. The molecule has 0 amide bonds. The normalized spacial score (nSPS) is 11.6. The summed E-state index contributed by atoms with van der Waals surface area (Å²) in [4.78, 5) is 2.37. The van der Waals surface area contributed by atoms with E-state index >= 15 is 0 Å². The Morgan fingerprint density at radius 3 is 1.84 bits per heavy atom. The maximum absolute atomic E-state index is 7.08. The molecule has 2 aromatic heterocycles. The van der Waals surface area contributed by atoms with Crippen LogP contribution in [0.25, 0.3) is 86.3 Å². The van der Waals surface area contributed by atoms with E-state index in [2.05, 4.69) is 205 Å². The molecular formula is C52H33NOS. The van der Waals surface area contributed by atoms with Gasteiger partial charge in [0.1, 0.15) is 5.58 Å². The van der Waals surface area contributed by atoms with Crippen LogP contribution in [0.1, 0.15) is 0 Å². The maximum Gasteiger partial charge on any atom is 0.159 e. The summed E-state index contributed by atoms with van der Waals surface area (Å²) in [5.74, 6) is 0. The van der Waals surface area contributed by atoms with Gasteiger partial charge in [-0.3, -0.25) is 0 Å². The van der Waals surface area contributed by atoms with Crippen molar-refractivity contribution in [1.82, 2.24) is 0 Å². The summed E-state index contributed by atoms with van der Waals surface area (Å²) in [6.45, 7) is 0. The number of hydrogen-bond acceptors (Lipinski definition) is 3. The maximum atomic E-state index is 7.08. The van der Waals surface area contributed by atoms with Crippen molar-refractivity contribution in [3.05, 3.63) is 200 Å². The largest absolute Gasteiger partial charge is 0.453 e. The van der Waals surface area contributed by atoms with E-state index in [1.165, 1.54) is 53.2 Å². The fraction of sp³-hybridized carbons (Fsp3) is 0. The van der Waals surface area contributed by atoms with E-state index in [4.69, 9.17) is 4.42 Å². The molecule has 0 aliphatic heterocycles. The number of nitrogens with zero attached hydrogens (tertiary/aromatic N) is 1. The minimum absolute atomic E-state index is 0.858. The first-order valence-electron chi connectivity index (χ1n) is 18.7. The van der Waals surface area contributed by atoms with Gasteiger partial charge in [0.2, 0.25) is 0 Å². The van der Waals surface area contributed by atoms with Crippen molar-refractivity contribution in [2.24, 2.45) is 0 Å². The smallest absolute Gasteiger partial charge is 0.159 e. The Morgan fingerprint density at radius 1 is 0.345 bits per heavy atom. The third-order valence-electron chi connectivity index (χ3n) is 10.9. The molecule has 0 atom stereocenters. The zero-order chi connectivity index (χ0) is 36.3. The Bertz CT molecular complexity index is 3200. The Kier molecular flexibility index (Phi) is 7.39. The van der Waals surface area contributed by atoms with Gasteiger partial charge in [0.25, 0.3) is 0 Å². The monoisotopic (exact) mass is 719 g/mol. The lowest BCUT2D eigenvalue weighted by Crippen LogP contribution is -2.10. The lowest BCUT2D eigenvalue weighted by atomic mass is 9.97. The number of benzene rings is 9. The zero-order valence-corrected chi connectivity index (χ0v) is 30.6. The van der Waals surface area contributed by atoms with Gasteiger partial charge in [-0.05, 0) is 81.1 Å². The Hall–Kier alpha value is -6.94. The van der Waals surface area contributed by atoms with Crippen LogP contribution in [0.3, 0.4) is 0 Å². The molecule has 0 saturated carbocycles. The van der Waals surface area contributed by atoms with E-state index in [-0.39, 0.29) is 0 Å². The standard InChI is InChI=1S/C52H33NOS/c1-2-12-34(13-3-1)35-26-28-37(29-27-35)43-21-10-22-45-46-23-11-24-48(52(46)54-51(43)45)53(40-30-31-50-47(33-40)44-19-6-7-25-49(44)55-50)39-17-8-16-38(32-39)42-20-9-15-36-14-4-5-18-41(36)42/h1-33H. The van der Waals surface area contributed by atoms with E-state index in [1.54, 1.807) is 0 Å². The van der Waals surface area contributed by atoms with E-state index in [9.17, 15) is 0 Å². The van der Waals surface area contributed by atoms with E-state index < -0.39 is 0 Å². The number of thiophene rings is 1. The molecule has 0 aliphatic rings. The number of fused-ring (bicyclic) bond motifs is 7. The molecule has 2 heterocycles. The summed E-state index contributed by atoms with van der Waals surface area (Å²) in [7, 11) is 0. The molecule has 55 heavy (non-hydrogen) atoms. The highest BCUT2D eigenvalue weighted by molar-refractivity contribution is 7.25. The van der Waals surface area contributed by atoms with Crippen molar-refractivity contribution in [1.29, 1.82) is 0 Å². The average molecular weight is 720 g/mol. The highest BCUT2D eigenvalue weighted by Gasteiger charge is 2.22. The van der Waals surface area contributed by atoms with Gasteiger partial charge in [0.05, 0.1) is 5.69 Å². The molecule has 0 fully saturated rings. The number of hydrogen-bond donors (Lipinski definition) is 0. The molecule has 0 saturated heterocycles. The Balaban J connectivity index is 1.12. The van der Waals surface area contributed by atoms with E-state index in [1.807, 2.05) is 11.3 Å². The van der Waals surface area contributed by atoms with E-state index in [0.29, 0.717) is 0 Å². The van der Waals surface area contributed by atoms with Crippen LogP contribution >= 0.6 is 11.3 Å². The topological polar surface area (TPSA) is 16.4 Å². The quantitative estimate of drug-likeness (QED) is 0.170. The van der Waals surface area contributed by atoms with Gasteiger partial charge in [-0.25, -0.2) is 0 Å². The molecule has 258 valence electrons. The van der Waals surface area contributed by atoms with Crippen molar-refractivity contribution in [2.45, 2.75) is 0 Å². The second-order valence-electron chi connectivity index (χ2n) is 14.1. The molecule has 2 nitrogen and oxygen atoms in total. The van der Waals surface area contributed by atoms with Crippen molar-refractivity contribution in [3.8, 4) is 33.4 Å². The van der Waals surface area contributed by atoms with Gasteiger partial charge >= 0.3 is 0 Å². The van der Waals surface area contributed by atoms with Gasteiger partial charge in [-0.1, -0.05) is 158 Å². The summed E-state index contributed by atoms with van der Waals surface area (Å²) in [6.07, 6.45) is 0. The zero-order valence-electron chi connectivity index (χ0n) is 29.8. The second-order valence-corrected chi connectivity index (χ2v) is 15.2. The first-order valence-corrected chi connectivity index (χ1v) is 19.5. The summed E-state index contributed by atoms with van der Waals surface area (Å²) >= 11 is 1.84. The van der Waals surface area contributed by atoms with Crippen LogP contribution in [-0.4, -0.2) is 0 Å². The molecule has 0 spiro atoms. The van der Waals surface area contributed by atoms with Crippen LogP contribution in [0.2, 0.25) is 0 Å². The van der Waals surface area contributed by atoms with Crippen LogP contribution in [0.15, 0.2) is 205 Å². The van der Waals surface area contributed by atoms with Crippen molar-refractivity contribution >= 4 is 81.3 Å². The molecule has 11 aromatic rings. The van der Waals surface area contributed by atoms with Gasteiger partial charge < -0.3 is 9.32 Å². The SMILES string of the molecule is c1ccc(-c2ccc(-c3cccc4c3oc3c(N(c5cccc(-c6cccc7ccccc67)c5)c5ccc6sc7ccccc7c6c5)cccc34)cc2)cc1. The summed E-state index contributed by atoms with van der Waals surface area (Å²) in [6, 6.07) is 72.1. The lowest BCUT2D eigenvalue weighted by molar-refractivity contribution is 0.670. The molecule has 11 rings (SSSR count). The molecule has 0 bridgehead atoms. The molecule has 0 aliphatic carbocycles. The second kappa shape index (κ2) is 12.9. The van der Waals surface area contributed by atoms with Gasteiger partial charge in [0.15, 0.2) is 5.58 Å². The fourth-order valence-corrected chi connectivity index (χ4v) is 9.34. The van der Waals surface area contributed by atoms with Crippen LogP contribution in [0.5, 0.6) is 0 Å². The summed E-state index contributed by atoms with van der Waals surface area (Å²) < 4.78 is 9.66. The molecular weight excluding hydrogens is 687 g/mol. The molecule has 0 radical (unpaired) electrons. The van der Waals surface area contributed by atoms with E-state index in [0.717, 1.165) is 50.1 Å². The van der Waals surface area contributed by atoms with Crippen molar-refractivity contribution in [2.75, 3.05) is 4.90 Å². The van der Waals surface area contributed by atoms with Gasteiger partial charge in [0, 0.05) is 47.9 Å². The number of anilines is 3. The highest BCUT2D eigenvalue weighted by Crippen LogP contribution is 2.46. The predicted octanol–water partition coefficient (Wildman–Crippen LogP) is 15.6. The Labute approximate surface area is 322 Å². The molecule has 9 aromatic carbocycles. The third kappa shape index (κ3) is 5.32. The summed E-state index contributed by atoms with van der Waals surface area (Å²) in [5, 5.41) is 7.20. The molecule has 0 N–H and O–H groups in total. The third-order valence-corrected chi connectivity index (χ3v) is 12.0. The lowest BCUT2D eigenvalue weighted by Gasteiger charge is -2.26. The number of para-hydroxylation sites is 2. The number of rotatable bonds is 6. The molecule has 0 unspecified atom stereocenters. The average Bonchev–Trinajstić information content (AvgIpc) is 3.83. The van der Waals surface area contributed by atoms with Gasteiger partial charge in [-0.15, -0.1) is 11.3 Å². The first-order chi connectivity index (χ1) is 27.3. The van der Waals surface area contributed by atoms with Crippen molar-refractivity contribution < 1.29 is 4.42 Å². The first kappa shape index (κ1) is 31.6. The predicted molar refractivity (Wildman–Crippen MR) is 235 cm³/mol. The van der Waals surface area contributed by atoms with Crippen LogP contribution in [0, 0.1) is 0 Å². The van der Waals surface area contributed by atoms with Crippen LogP contribution in [0.4, 0.5) is 17.1 Å². The van der Waals surface area contributed by atoms with Crippen molar-refractivity contribution in [3.63, 3.8) is 0 Å². The minimum atomic E-state index is 0.858. The van der Waals surface area contributed by atoms with Gasteiger partial charge in [-0.2, -0.15) is 0 Å². The van der Waals surface area contributed by atoms with Crippen LogP contribution < -0.4 is 4.90 Å². The van der Waals surface area contributed by atoms with Crippen LogP contribution in [-0.2, 0) is 0 Å². The molecule has 3 heteroatoms.